The second-order valence-corrected chi connectivity index (χ2v) is 6.03. The maximum absolute atomic E-state index is 14.1. The summed E-state index contributed by atoms with van der Waals surface area (Å²) in [7, 11) is 0. The molecular weight excluding hydrogens is 246 g/mol. The minimum absolute atomic E-state index is 0.179. The van der Waals surface area contributed by atoms with Crippen LogP contribution in [0.4, 0.5) is 8.78 Å². The molecule has 0 radical (unpaired) electrons. The summed E-state index contributed by atoms with van der Waals surface area (Å²) < 4.78 is 28.2. The molecule has 3 heteroatoms. The number of halogens is 2. The van der Waals surface area contributed by atoms with Crippen LogP contribution < -0.4 is 0 Å². The van der Waals surface area contributed by atoms with Crippen molar-refractivity contribution >= 4 is 0 Å². The Balaban J connectivity index is 1.79. The highest BCUT2D eigenvalue weighted by atomic mass is 19.3. The molecule has 1 aromatic carbocycles. The van der Waals surface area contributed by atoms with Crippen molar-refractivity contribution in [1.82, 2.24) is 0 Å². The van der Waals surface area contributed by atoms with E-state index in [1.807, 2.05) is 6.07 Å². The SMILES string of the molecule is OC1CCC(c2cccc(C(F)(F)C3CC3)c2)CC1. The number of hydrogen-bond donors (Lipinski definition) is 1. The lowest BCUT2D eigenvalue weighted by Crippen LogP contribution is -2.19. The number of rotatable bonds is 3. The van der Waals surface area contributed by atoms with Gasteiger partial charge in [-0.05, 0) is 56.1 Å². The van der Waals surface area contributed by atoms with Crippen molar-refractivity contribution in [2.45, 2.75) is 56.5 Å². The average Bonchev–Trinajstić information content (AvgIpc) is 3.24. The molecule has 2 aliphatic rings. The molecule has 0 bridgehead atoms. The van der Waals surface area contributed by atoms with E-state index in [-0.39, 0.29) is 11.7 Å². The van der Waals surface area contributed by atoms with Gasteiger partial charge in [-0.2, -0.15) is 0 Å². The Kier molecular flexibility index (Phi) is 3.34. The average molecular weight is 266 g/mol. The van der Waals surface area contributed by atoms with Gasteiger partial charge in [-0.1, -0.05) is 18.2 Å². The van der Waals surface area contributed by atoms with Gasteiger partial charge < -0.3 is 5.11 Å². The molecule has 0 saturated heterocycles. The lowest BCUT2D eigenvalue weighted by molar-refractivity contribution is -0.0286. The summed E-state index contributed by atoms with van der Waals surface area (Å²) in [6, 6.07) is 6.96. The summed E-state index contributed by atoms with van der Waals surface area (Å²) in [5, 5.41) is 9.52. The van der Waals surface area contributed by atoms with Gasteiger partial charge in [0.05, 0.1) is 6.10 Å². The zero-order chi connectivity index (χ0) is 13.5. The summed E-state index contributed by atoms with van der Waals surface area (Å²) in [5.41, 5.74) is 1.20. The van der Waals surface area contributed by atoms with Crippen molar-refractivity contribution < 1.29 is 13.9 Å². The molecule has 1 aromatic rings. The quantitative estimate of drug-likeness (QED) is 0.869. The minimum Gasteiger partial charge on any atom is -0.393 e. The van der Waals surface area contributed by atoms with Gasteiger partial charge in [0.15, 0.2) is 0 Å². The number of alkyl halides is 2. The summed E-state index contributed by atoms with van der Waals surface area (Å²) in [6.45, 7) is 0. The van der Waals surface area contributed by atoms with Gasteiger partial charge in [-0.15, -0.1) is 0 Å². The second-order valence-electron chi connectivity index (χ2n) is 6.03. The third-order valence-electron chi connectivity index (χ3n) is 4.53. The van der Waals surface area contributed by atoms with Crippen molar-refractivity contribution in [2.75, 3.05) is 0 Å². The van der Waals surface area contributed by atoms with Gasteiger partial charge in [0.1, 0.15) is 0 Å². The lowest BCUT2D eigenvalue weighted by atomic mass is 9.82. The van der Waals surface area contributed by atoms with Crippen LogP contribution in [0.3, 0.4) is 0 Å². The highest BCUT2D eigenvalue weighted by Crippen LogP contribution is 2.50. The van der Waals surface area contributed by atoms with Crippen LogP contribution in [0.25, 0.3) is 0 Å². The fraction of sp³-hybridized carbons (Fsp3) is 0.625. The van der Waals surface area contributed by atoms with Crippen LogP contribution >= 0.6 is 0 Å². The molecule has 104 valence electrons. The fourth-order valence-corrected chi connectivity index (χ4v) is 3.09. The maximum atomic E-state index is 14.1. The lowest BCUT2D eigenvalue weighted by Gasteiger charge is -2.26. The number of aliphatic hydroxyl groups excluding tert-OH is 1. The normalized spacial score (nSPS) is 28.4. The van der Waals surface area contributed by atoms with Crippen LogP contribution in [0.15, 0.2) is 24.3 Å². The van der Waals surface area contributed by atoms with Crippen molar-refractivity contribution in [1.29, 1.82) is 0 Å². The molecule has 1 N–H and O–H groups in total. The third-order valence-corrected chi connectivity index (χ3v) is 4.53. The summed E-state index contributed by atoms with van der Waals surface area (Å²) in [5.74, 6) is -2.78. The molecule has 0 aromatic heterocycles. The summed E-state index contributed by atoms with van der Waals surface area (Å²) in [6.07, 6.45) is 4.47. The monoisotopic (exact) mass is 266 g/mol. The first-order valence-corrected chi connectivity index (χ1v) is 7.23. The van der Waals surface area contributed by atoms with E-state index in [0.29, 0.717) is 18.8 Å². The molecule has 1 nitrogen and oxygen atoms in total. The number of benzene rings is 1. The molecule has 2 aliphatic carbocycles. The van der Waals surface area contributed by atoms with Crippen LogP contribution in [-0.2, 0) is 5.92 Å². The highest BCUT2D eigenvalue weighted by molar-refractivity contribution is 5.30. The van der Waals surface area contributed by atoms with E-state index in [4.69, 9.17) is 0 Å². The maximum Gasteiger partial charge on any atom is 0.276 e. The van der Waals surface area contributed by atoms with Gasteiger partial charge in [0.2, 0.25) is 0 Å². The summed E-state index contributed by atoms with van der Waals surface area (Å²) >= 11 is 0. The first-order chi connectivity index (χ1) is 9.07. The van der Waals surface area contributed by atoms with E-state index in [1.54, 1.807) is 18.2 Å². The molecule has 0 aliphatic heterocycles. The van der Waals surface area contributed by atoms with Crippen LogP contribution in [-0.4, -0.2) is 11.2 Å². The molecule has 0 atom stereocenters. The van der Waals surface area contributed by atoms with E-state index in [1.165, 1.54) is 0 Å². The minimum atomic E-state index is -2.66. The van der Waals surface area contributed by atoms with Crippen LogP contribution in [0.1, 0.15) is 55.6 Å². The Morgan fingerprint density at radius 2 is 1.68 bits per heavy atom. The Labute approximate surface area is 112 Å². The van der Waals surface area contributed by atoms with Crippen molar-refractivity contribution in [2.24, 2.45) is 5.92 Å². The second kappa shape index (κ2) is 4.86. The van der Waals surface area contributed by atoms with Gasteiger partial charge in [0.25, 0.3) is 5.92 Å². The van der Waals surface area contributed by atoms with Crippen LogP contribution in [0.2, 0.25) is 0 Å². The largest absolute Gasteiger partial charge is 0.393 e. The van der Waals surface area contributed by atoms with Crippen molar-refractivity contribution in [3.05, 3.63) is 35.4 Å². The van der Waals surface area contributed by atoms with Gasteiger partial charge in [0, 0.05) is 11.5 Å². The Hall–Kier alpha value is -0.960. The van der Waals surface area contributed by atoms with Gasteiger partial charge >= 0.3 is 0 Å². The molecule has 0 heterocycles. The molecule has 3 rings (SSSR count). The zero-order valence-corrected chi connectivity index (χ0v) is 11.0. The molecule has 0 unspecified atom stereocenters. The molecule has 2 fully saturated rings. The van der Waals surface area contributed by atoms with Crippen molar-refractivity contribution in [3.63, 3.8) is 0 Å². The van der Waals surface area contributed by atoms with E-state index in [2.05, 4.69) is 0 Å². The molecule has 0 amide bonds. The van der Waals surface area contributed by atoms with Gasteiger partial charge in [-0.25, -0.2) is 8.78 Å². The topological polar surface area (TPSA) is 20.2 Å². The van der Waals surface area contributed by atoms with E-state index in [9.17, 15) is 13.9 Å². The summed E-state index contributed by atoms with van der Waals surface area (Å²) in [4.78, 5) is 0. The predicted octanol–water partition coefficient (Wildman–Crippen LogP) is 4.21. The van der Waals surface area contributed by atoms with E-state index < -0.39 is 11.8 Å². The Morgan fingerprint density at radius 1 is 1.00 bits per heavy atom. The first-order valence-electron chi connectivity index (χ1n) is 7.23. The molecule has 19 heavy (non-hydrogen) atoms. The highest BCUT2D eigenvalue weighted by Gasteiger charge is 2.48. The molecule has 2 saturated carbocycles. The van der Waals surface area contributed by atoms with E-state index in [0.717, 1.165) is 31.2 Å². The Morgan fingerprint density at radius 3 is 2.32 bits per heavy atom. The third kappa shape index (κ3) is 2.66. The zero-order valence-electron chi connectivity index (χ0n) is 11.0. The van der Waals surface area contributed by atoms with E-state index >= 15 is 0 Å². The number of aliphatic hydroxyl groups is 1. The van der Waals surface area contributed by atoms with Crippen molar-refractivity contribution in [3.8, 4) is 0 Å². The number of hydrogen-bond acceptors (Lipinski definition) is 1. The standard InChI is InChI=1S/C16H20F2O/c17-16(18,13-6-7-13)14-3-1-2-12(10-14)11-4-8-15(19)9-5-11/h1-3,10-11,13,15,19H,4-9H2. The van der Waals surface area contributed by atoms with Crippen LogP contribution in [0, 0.1) is 5.92 Å². The van der Waals surface area contributed by atoms with Crippen LogP contribution in [0.5, 0.6) is 0 Å². The van der Waals surface area contributed by atoms with Gasteiger partial charge in [-0.3, -0.25) is 0 Å². The first kappa shape index (κ1) is 13.0. The smallest absolute Gasteiger partial charge is 0.276 e. The fourth-order valence-electron chi connectivity index (χ4n) is 3.09. The Bertz CT molecular complexity index is 446. The predicted molar refractivity (Wildman–Crippen MR) is 70.3 cm³/mol. The molecular formula is C16H20F2O. The molecule has 0 spiro atoms.